The van der Waals surface area contributed by atoms with Gasteiger partial charge in [-0.2, -0.15) is 0 Å². The van der Waals surface area contributed by atoms with Gasteiger partial charge in [-0.1, -0.05) is 0 Å². The molecule has 1 aliphatic heterocycles. The standard InChI is InChI=1S/C17H19NO6/c1-21-13-8-11(9-14-17(13)23-7-6-22-14)2-5-16(20)24-10-15(19)18-12-3-4-12/h2,5,8-9,12H,3-4,6-7,10H2,1H3,(H,18,19)/b5-2+. The van der Waals surface area contributed by atoms with E-state index in [1.165, 1.54) is 13.2 Å². The van der Waals surface area contributed by atoms with Crippen molar-refractivity contribution in [2.45, 2.75) is 18.9 Å². The normalized spacial score (nSPS) is 15.9. The number of ether oxygens (including phenoxy) is 4. The Balaban J connectivity index is 1.58. The summed E-state index contributed by atoms with van der Waals surface area (Å²) in [5.41, 5.74) is 0.704. The van der Waals surface area contributed by atoms with Gasteiger partial charge in [0.2, 0.25) is 5.75 Å². The largest absolute Gasteiger partial charge is 0.493 e. The molecule has 1 saturated carbocycles. The Morgan fingerprint density at radius 2 is 2.08 bits per heavy atom. The zero-order chi connectivity index (χ0) is 16.9. The number of methoxy groups -OCH3 is 1. The van der Waals surface area contributed by atoms with Crippen LogP contribution in [0.3, 0.4) is 0 Å². The molecule has 1 amide bonds. The van der Waals surface area contributed by atoms with E-state index in [-0.39, 0.29) is 18.6 Å². The summed E-state index contributed by atoms with van der Waals surface area (Å²) in [6.07, 6.45) is 4.81. The van der Waals surface area contributed by atoms with Crippen LogP contribution in [0.1, 0.15) is 18.4 Å². The van der Waals surface area contributed by atoms with E-state index in [0.29, 0.717) is 36.0 Å². The van der Waals surface area contributed by atoms with E-state index in [1.807, 2.05) is 0 Å². The molecule has 2 aliphatic rings. The highest BCUT2D eigenvalue weighted by atomic mass is 16.6. The molecule has 0 saturated heterocycles. The number of carbonyl (C=O) groups excluding carboxylic acids is 2. The lowest BCUT2D eigenvalue weighted by atomic mass is 10.1. The molecule has 1 fully saturated rings. The summed E-state index contributed by atoms with van der Waals surface area (Å²) in [4.78, 5) is 23.1. The molecule has 0 spiro atoms. The SMILES string of the molecule is COc1cc(/C=C/C(=O)OCC(=O)NC2CC2)cc2c1OCCO2. The third-order valence-corrected chi connectivity index (χ3v) is 3.55. The fourth-order valence-corrected chi connectivity index (χ4v) is 2.24. The topological polar surface area (TPSA) is 83.1 Å². The Hall–Kier alpha value is -2.70. The average molecular weight is 333 g/mol. The maximum Gasteiger partial charge on any atom is 0.331 e. The summed E-state index contributed by atoms with van der Waals surface area (Å²) in [6.45, 7) is 0.652. The second kappa shape index (κ2) is 7.25. The lowest BCUT2D eigenvalue weighted by molar-refractivity contribution is -0.143. The molecule has 1 aromatic rings. The summed E-state index contributed by atoms with van der Waals surface area (Å²) in [5, 5.41) is 2.75. The van der Waals surface area contributed by atoms with Crippen molar-refractivity contribution in [1.82, 2.24) is 5.32 Å². The number of nitrogens with one attached hydrogen (secondary N) is 1. The van der Waals surface area contributed by atoms with Gasteiger partial charge >= 0.3 is 5.97 Å². The van der Waals surface area contributed by atoms with Gasteiger partial charge in [-0.25, -0.2) is 4.79 Å². The van der Waals surface area contributed by atoms with Crippen LogP contribution in [0, 0.1) is 0 Å². The zero-order valence-electron chi connectivity index (χ0n) is 13.4. The predicted molar refractivity (Wildman–Crippen MR) is 85.1 cm³/mol. The van der Waals surface area contributed by atoms with Gasteiger partial charge in [-0.05, 0) is 36.6 Å². The molecule has 1 aromatic carbocycles. The highest BCUT2D eigenvalue weighted by Gasteiger charge is 2.23. The number of esters is 1. The molecule has 0 aromatic heterocycles. The van der Waals surface area contributed by atoms with E-state index in [4.69, 9.17) is 18.9 Å². The highest BCUT2D eigenvalue weighted by Crippen LogP contribution is 2.40. The van der Waals surface area contributed by atoms with Gasteiger partial charge in [0.25, 0.3) is 5.91 Å². The number of fused-ring (bicyclic) bond motifs is 1. The smallest absolute Gasteiger partial charge is 0.331 e. The molecule has 1 heterocycles. The Kier molecular flexibility index (Phi) is 4.88. The molecule has 128 valence electrons. The minimum Gasteiger partial charge on any atom is -0.493 e. The molecule has 0 bridgehead atoms. The second-order valence-electron chi connectivity index (χ2n) is 5.53. The first kappa shape index (κ1) is 16.2. The van der Waals surface area contributed by atoms with E-state index in [1.54, 1.807) is 18.2 Å². The Morgan fingerprint density at radius 1 is 1.29 bits per heavy atom. The molecule has 0 radical (unpaired) electrons. The van der Waals surface area contributed by atoms with Crippen LogP contribution >= 0.6 is 0 Å². The van der Waals surface area contributed by atoms with Crippen molar-refractivity contribution < 1.29 is 28.5 Å². The summed E-state index contributed by atoms with van der Waals surface area (Å²) < 4.78 is 21.2. The van der Waals surface area contributed by atoms with E-state index < -0.39 is 5.97 Å². The lowest BCUT2D eigenvalue weighted by Gasteiger charge is -2.20. The van der Waals surface area contributed by atoms with Gasteiger partial charge in [-0.15, -0.1) is 0 Å². The van der Waals surface area contributed by atoms with Crippen molar-refractivity contribution in [2.75, 3.05) is 26.9 Å². The summed E-state index contributed by atoms with van der Waals surface area (Å²) in [7, 11) is 1.54. The molecular formula is C17H19NO6. The molecule has 1 N–H and O–H groups in total. The zero-order valence-corrected chi connectivity index (χ0v) is 13.4. The molecule has 0 atom stereocenters. The average Bonchev–Trinajstić information content (AvgIpc) is 3.41. The Morgan fingerprint density at radius 3 is 2.83 bits per heavy atom. The number of rotatable bonds is 6. The third-order valence-electron chi connectivity index (χ3n) is 3.55. The maximum atomic E-state index is 11.7. The summed E-state index contributed by atoms with van der Waals surface area (Å²) >= 11 is 0. The molecule has 0 unspecified atom stereocenters. The molecule has 3 rings (SSSR count). The highest BCUT2D eigenvalue weighted by molar-refractivity contribution is 5.89. The minimum atomic E-state index is -0.588. The molecule has 7 heteroatoms. The van der Waals surface area contributed by atoms with Crippen LogP contribution in [0.4, 0.5) is 0 Å². The molecule has 24 heavy (non-hydrogen) atoms. The predicted octanol–water partition coefficient (Wildman–Crippen LogP) is 1.30. The number of amides is 1. The van der Waals surface area contributed by atoms with Crippen LogP contribution in [0.15, 0.2) is 18.2 Å². The van der Waals surface area contributed by atoms with Gasteiger partial charge in [0, 0.05) is 12.1 Å². The van der Waals surface area contributed by atoms with Crippen LogP contribution < -0.4 is 19.5 Å². The third kappa shape index (κ3) is 4.18. The fraction of sp³-hybridized carbons (Fsp3) is 0.412. The quantitative estimate of drug-likeness (QED) is 0.624. The Labute approximate surface area is 139 Å². The van der Waals surface area contributed by atoms with E-state index >= 15 is 0 Å². The minimum absolute atomic E-state index is 0.247. The number of hydrogen-bond donors (Lipinski definition) is 1. The van der Waals surface area contributed by atoms with Crippen molar-refractivity contribution in [3.8, 4) is 17.2 Å². The van der Waals surface area contributed by atoms with Crippen molar-refractivity contribution in [1.29, 1.82) is 0 Å². The second-order valence-corrected chi connectivity index (χ2v) is 5.53. The first-order valence-electron chi connectivity index (χ1n) is 7.77. The number of carbonyl (C=O) groups is 2. The number of hydrogen-bond acceptors (Lipinski definition) is 6. The monoisotopic (exact) mass is 333 g/mol. The van der Waals surface area contributed by atoms with Gasteiger partial charge < -0.3 is 24.3 Å². The van der Waals surface area contributed by atoms with Crippen molar-refractivity contribution in [2.24, 2.45) is 0 Å². The lowest BCUT2D eigenvalue weighted by Crippen LogP contribution is -2.30. The molecular weight excluding hydrogens is 314 g/mol. The summed E-state index contributed by atoms with van der Waals surface area (Å²) in [6, 6.07) is 3.73. The van der Waals surface area contributed by atoms with Crippen molar-refractivity contribution >= 4 is 18.0 Å². The van der Waals surface area contributed by atoms with Gasteiger partial charge in [-0.3, -0.25) is 4.79 Å². The van der Waals surface area contributed by atoms with Crippen LogP contribution in [-0.2, 0) is 14.3 Å². The molecule has 7 nitrogen and oxygen atoms in total. The van der Waals surface area contributed by atoms with Gasteiger partial charge in [0.15, 0.2) is 18.1 Å². The Bertz CT molecular complexity index is 648. The van der Waals surface area contributed by atoms with Crippen LogP contribution in [0.25, 0.3) is 6.08 Å². The van der Waals surface area contributed by atoms with Gasteiger partial charge in [0.05, 0.1) is 7.11 Å². The van der Waals surface area contributed by atoms with E-state index in [0.717, 1.165) is 12.8 Å². The summed E-state index contributed by atoms with van der Waals surface area (Å²) in [5.74, 6) is 0.789. The van der Waals surface area contributed by atoms with Crippen LogP contribution in [0.5, 0.6) is 17.2 Å². The van der Waals surface area contributed by atoms with Crippen LogP contribution in [-0.4, -0.2) is 44.8 Å². The number of benzene rings is 1. The maximum absolute atomic E-state index is 11.7. The first-order valence-corrected chi connectivity index (χ1v) is 7.77. The first-order chi connectivity index (χ1) is 11.7. The van der Waals surface area contributed by atoms with E-state index in [9.17, 15) is 9.59 Å². The van der Waals surface area contributed by atoms with Crippen molar-refractivity contribution in [3.05, 3.63) is 23.8 Å². The van der Waals surface area contributed by atoms with E-state index in [2.05, 4.69) is 5.32 Å². The van der Waals surface area contributed by atoms with Crippen LogP contribution in [0.2, 0.25) is 0 Å². The van der Waals surface area contributed by atoms with Crippen molar-refractivity contribution in [3.63, 3.8) is 0 Å². The van der Waals surface area contributed by atoms with Gasteiger partial charge in [0.1, 0.15) is 13.2 Å². The molecule has 1 aliphatic carbocycles. The fourth-order valence-electron chi connectivity index (χ4n) is 2.24.